The summed E-state index contributed by atoms with van der Waals surface area (Å²) in [7, 11) is 0. The Bertz CT molecular complexity index is 639. The molecule has 0 unspecified atom stereocenters. The summed E-state index contributed by atoms with van der Waals surface area (Å²) in [6, 6.07) is 2.28. The number of hydrogen-bond acceptors (Lipinski definition) is 5. The number of nitrogens with zero attached hydrogens (tertiary/aromatic N) is 3. The highest BCUT2D eigenvalue weighted by Gasteiger charge is 2.15. The molecule has 22 heavy (non-hydrogen) atoms. The SMILES string of the molecule is O=C(NCc1csc(N2CCCC2)n1)Nc1ccc(F)nc1. The van der Waals surface area contributed by atoms with Crippen molar-refractivity contribution in [2.75, 3.05) is 23.3 Å². The second kappa shape index (κ2) is 6.69. The molecular formula is C14H16FN5OS. The van der Waals surface area contributed by atoms with Crippen molar-refractivity contribution in [2.45, 2.75) is 19.4 Å². The lowest BCUT2D eigenvalue weighted by Crippen LogP contribution is -2.28. The first-order valence-corrected chi connectivity index (χ1v) is 7.94. The molecule has 1 fully saturated rings. The van der Waals surface area contributed by atoms with Gasteiger partial charge in [-0.3, -0.25) is 0 Å². The lowest BCUT2D eigenvalue weighted by molar-refractivity contribution is 0.251. The Morgan fingerprint density at radius 3 is 2.91 bits per heavy atom. The maximum atomic E-state index is 12.7. The fourth-order valence-corrected chi connectivity index (χ4v) is 3.11. The average molecular weight is 321 g/mol. The number of hydrogen-bond donors (Lipinski definition) is 2. The summed E-state index contributed by atoms with van der Waals surface area (Å²) in [4.78, 5) is 22.0. The second-order valence-electron chi connectivity index (χ2n) is 4.99. The van der Waals surface area contributed by atoms with Gasteiger partial charge in [0.15, 0.2) is 5.13 Å². The van der Waals surface area contributed by atoms with Crippen molar-refractivity contribution in [3.63, 3.8) is 0 Å². The number of carbonyl (C=O) groups excluding carboxylic acids is 1. The minimum Gasteiger partial charge on any atom is -0.348 e. The maximum Gasteiger partial charge on any atom is 0.319 e. The molecule has 2 amide bonds. The van der Waals surface area contributed by atoms with E-state index in [0.29, 0.717) is 12.2 Å². The molecule has 1 aliphatic heterocycles. The van der Waals surface area contributed by atoms with E-state index in [1.807, 2.05) is 5.38 Å². The standard InChI is InChI=1S/C14H16FN5OS/c15-12-4-3-10(7-16-12)18-13(21)17-8-11-9-22-14(19-11)20-5-1-2-6-20/h3-4,7,9H,1-2,5-6,8H2,(H2,17,18,21). The van der Waals surface area contributed by atoms with E-state index in [9.17, 15) is 9.18 Å². The molecule has 0 saturated carbocycles. The summed E-state index contributed by atoms with van der Waals surface area (Å²) < 4.78 is 12.7. The molecule has 0 atom stereocenters. The Labute approximate surface area is 131 Å². The van der Waals surface area contributed by atoms with Crippen LogP contribution in [0.15, 0.2) is 23.7 Å². The van der Waals surface area contributed by atoms with E-state index in [0.717, 1.165) is 23.9 Å². The van der Waals surface area contributed by atoms with Crippen LogP contribution in [0.25, 0.3) is 0 Å². The molecule has 8 heteroatoms. The quantitative estimate of drug-likeness (QED) is 0.849. The third-order valence-corrected chi connectivity index (χ3v) is 4.28. The van der Waals surface area contributed by atoms with Crippen LogP contribution in [0.1, 0.15) is 18.5 Å². The molecule has 0 aliphatic carbocycles. The van der Waals surface area contributed by atoms with Gasteiger partial charge in [0.05, 0.1) is 24.1 Å². The van der Waals surface area contributed by atoms with E-state index in [4.69, 9.17) is 0 Å². The van der Waals surface area contributed by atoms with Crippen LogP contribution >= 0.6 is 11.3 Å². The Morgan fingerprint density at radius 1 is 1.36 bits per heavy atom. The van der Waals surface area contributed by atoms with Crippen molar-refractivity contribution in [2.24, 2.45) is 0 Å². The van der Waals surface area contributed by atoms with Gasteiger partial charge in [-0.15, -0.1) is 11.3 Å². The van der Waals surface area contributed by atoms with Gasteiger partial charge in [0, 0.05) is 18.5 Å². The lowest BCUT2D eigenvalue weighted by Gasteiger charge is -2.12. The number of amides is 2. The summed E-state index contributed by atoms with van der Waals surface area (Å²) in [5.74, 6) is -0.581. The minimum atomic E-state index is -0.581. The van der Waals surface area contributed by atoms with E-state index in [1.54, 1.807) is 11.3 Å². The molecule has 0 radical (unpaired) electrons. The van der Waals surface area contributed by atoms with Crippen LogP contribution in [0.4, 0.5) is 20.0 Å². The highest BCUT2D eigenvalue weighted by molar-refractivity contribution is 7.13. The van der Waals surface area contributed by atoms with Gasteiger partial charge < -0.3 is 15.5 Å². The van der Waals surface area contributed by atoms with Gasteiger partial charge in [-0.2, -0.15) is 4.39 Å². The third-order valence-electron chi connectivity index (χ3n) is 3.33. The van der Waals surface area contributed by atoms with Crippen LogP contribution in [0.3, 0.4) is 0 Å². The Balaban J connectivity index is 1.49. The number of pyridine rings is 1. The van der Waals surface area contributed by atoms with Crippen molar-refractivity contribution in [1.82, 2.24) is 15.3 Å². The first kappa shape index (κ1) is 14.7. The van der Waals surface area contributed by atoms with Crippen LogP contribution in [-0.2, 0) is 6.54 Å². The van der Waals surface area contributed by atoms with E-state index >= 15 is 0 Å². The van der Waals surface area contributed by atoms with Crippen LogP contribution in [0.2, 0.25) is 0 Å². The van der Waals surface area contributed by atoms with Gasteiger partial charge in [-0.05, 0) is 25.0 Å². The molecule has 6 nitrogen and oxygen atoms in total. The number of nitrogens with one attached hydrogen (secondary N) is 2. The number of anilines is 2. The summed E-state index contributed by atoms with van der Waals surface area (Å²) in [5.41, 5.74) is 1.27. The number of rotatable bonds is 4. The molecule has 3 heterocycles. The molecule has 2 aromatic rings. The predicted octanol–water partition coefficient (Wildman–Crippen LogP) is 2.60. The zero-order valence-electron chi connectivity index (χ0n) is 11.9. The monoisotopic (exact) mass is 321 g/mol. The van der Waals surface area contributed by atoms with Crippen molar-refractivity contribution in [3.8, 4) is 0 Å². The van der Waals surface area contributed by atoms with Crippen LogP contribution in [-0.4, -0.2) is 29.1 Å². The van der Waals surface area contributed by atoms with E-state index in [1.165, 1.54) is 31.2 Å². The molecule has 0 spiro atoms. The zero-order chi connectivity index (χ0) is 15.4. The number of urea groups is 1. The largest absolute Gasteiger partial charge is 0.348 e. The van der Waals surface area contributed by atoms with Crippen LogP contribution in [0.5, 0.6) is 0 Å². The predicted molar refractivity (Wildman–Crippen MR) is 83.6 cm³/mol. The summed E-state index contributed by atoms with van der Waals surface area (Å²) in [6.45, 7) is 2.46. The molecule has 1 saturated heterocycles. The fourth-order valence-electron chi connectivity index (χ4n) is 2.23. The van der Waals surface area contributed by atoms with Gasteiger partial charge in [0.25, 0.3) is 0 Å². The molecule has 0 aromatic carbocycles. The Hall–Kier alpha value is -2.22. The van der Waals surface area contributed by atoms with Crippen LogP contribution < -0.4 is 15.5 Å². The molecular weight excluding hydrogens is 305 g/mol. The van der Waals surface area contributed by atoms with Gasteiger partial charge in [0.1, 0.15) is 0 Å². The smallest absolute Gasteiger partial charge is 0.319 e. The molecule has 1 aliphatic rings. The highest BCUT2D eigenvalue weighted by Crippen LogP contribution is 2.24. The normalized spacial score (nSPS) is 14.1. The van der Waals surface area contributed by atoms with E-state index < -0.39 is 5.95 Å². The number of carbonyl (C=O) groups is 1. The molecule has 2 aromatic heterocycles. The van der Waals surface area contributed by atoms with Crippen molar-refractivity contribution in [3.05, 3.63) is 35.4 Å². The summed E-state index contributed by atoms with van der Waals surface area (Å²) >= 11 is 1.60. The molecule has 116 valence electrons. The summed E-state index contributed by atoms with van der Waals surface area (Å²) in [6.07, 6.45) is 3.69. The Kier molecular flexibility index (Phi) is 4.47. The summed E-state index contributed by atoms with van der Waals surface area (Å²) in [5, 5.41) is 8.27. The van der Waals surface area contributed by atoms with Gasteiger partial charge in [-0.1, -0.05) is 0 Å². The first-order chi connectivity index (χ1) is 10.7. The zero-order valence-corrected chi connectivity index (χ0v) is 12.7. The van der Waals surface area contributed by atoms with Gasteiger partial charge >= 0.3 is 6.03 Å². The Morgan fingerprint density at radius 2 is 2.18 bits per heavy atom. The molecule has 3 rings (SSSR count). The number of thiazole rings is 1. The van der Waals surface area contributed by atoms with Gasteiger partial charge in [0.2, 0.25) is 5.95 Å². The number of halogens is 1. The first-order valence-electron chi connectivity index (χ1n) is 7.06. The van der Waals surface area contributed by atoms with Gasteiger partial charge in [-0.25, -0.2) is 14.8 Å². The molecule has 2 N–H and O–H groups in total. The molecule has 0 bridgehead atoms. The van der Waals surface area contributed by atoms with Crippen molar-refractivity contribution in [1.29, 1.82) is 0 Å². The maximum absolute atomic E-state index is 12.7. The van der Waals surface area contributed by atoms with Crippen molar-refractivity contribution >= 4 is 28.2 Å². The minimum absolute atomic E-state index is 0.352. The number of aromatic nitrogens is 2. The van der Waals surface area contributed by atoms with E-state index in [2.05, 4.69) is 25.5 Å². The van der Waals surface area contributed by atoms with Crippen molar-refractivity contribution < 1.29 is 9.18 Å². The van der Waals surface area contributed by atoms with E-state index in [-0.39, 0.29) is 6.03 Å². The lowest BCUT2D eigenvalue weighted by atomic mass is 10.4. The average Bonchev–Trinajstić information content (AvgIpc) is 3.18. The fraction of sp³-hybridized carbons (Fsp3) is 0.357. The highest BCUT2D eigenvalue weighted by atomic mass is 32.1. The van der Waals surface area contributed by atoms with Crippen LogP contribution in [0, 0.1) is 5.95 Å². The second-order valence-corrected chi connectivity index (χ2v) is 5.83. The topological polar surface area (TPSA) is 70.2 Å². The third kappa shape index (κ3) is 3.70.